The van der Waals surface area contributed by atoms with Crippen molar-refractivity contribution >= 4 is 26.0 Å². The van der Waals surface area contributed by atoms with Crippen LogP contribution in [0.25, 0.3) is 0 Å². The van der Waals surface area contributed by atoms with E-state index in [9.17, 15) is 8.42 Å². The van der Waals surface area contributed by atoms with Crippen LogP contribution in [-0.2, 0) is 17.1 Å². The third-order valence-electron chi connectivity index (χ3n) is 3.74. The predicted molar refractivity (Wildman–Crippen MR) is 81.3 cm³/mol. The Bertz CT molecular complexity index is 725. The van der Waals surface area contributed by atoms with Crippen LogP contribution in [0.4, 0.5) is 0 Å². The van der Waals surface area contributed by atoms with E-state index in [1.54, 1.807) is 7.05 Å². The molecule has 0 saturated carbocycles. The highest BCUT2D eigenvalue weighted by Crippen LogP contribution is 2.32. The second kappa shape index (κ2) is 5.51. The van der Waals surface area contributed by atoms with Gasteiger partial charge in [-0.1, -0.05) is 35.5 Å². The summed E-state index contributed by atoms with van der Waals surface area (Å²) in [5.74, 6) is 0.237. The van der Waals surface area contributed by atoms with Gasteiger partial charge in [0.05, 0.1) is 0 Å². The van der Waals surface area contributed by atoms with E-state index in [0.717, 1.165) is 6.42 Å². The maximum Gasteiger partial charge on any atom is 0.263 e. The van der Waals surface area contributed by atoms with Crippen LogP contribution in [0.5, 0.6) is 0 Å². The Kier molecular flexibility index (Phi) is 3.85. The van der Waals surface area contributed by atoms with Crippen LogP contribution >= 0.6 is 15.9 Å². The third kappa shape index (κ3) is 2.63. The number of aromatic nitrogens is 3. The molecule has 21 heavy (non-hydrogen) atoms. The summed E-state index contributed by atoms with van der Waals surface area (Å²) in [5.41, 5.74) is 1.18. The topological polar surface area (TPSA) is 68.1 Å². The molecule has 0 amide bonds. The first-order valence-electron chi connectivity index (χ1n) is 6.60. The van der Waals surface area contributed by atoms with Gasteiger partial charge >= 0.3 is 0 Å². The molecule has 1 aliphatic heterocycles. The minimum absolute atomic E-state index is 0.108. The quantitative estimate of drug-likeness (QED) is 0.825. The third-order valence-corrected chi connectivity index (χ3v) is 6.50. The van der Waals surface area contributed by atoms with E-state index in [-0.39, 0.29) is 15.5 Å². The Morgan fingerprint density at radius 3 is 2.62 bits per heavy atom. The first-order chi connectivity index (χ1) is 10.00. The van der Waals surface area contributed by atoms with Crippen molar-refractivity contribution in [1.82, 2.24) is 19.3 Å². The molecule has 8 heteroatoms. The van der Waals surface area contributed by atoms with Gasteiger partial charge in [0.1, 0.15) is 0 Å². The van der Waals surface area contributed by atoms with Crippen LogP contribution in [0, 0.1) is 0 Å². The van der Waals surface area contributed by atoms with E-state index in [4.69, 9.17) is 0 Å². The molecule has 1 unspecified atom stereocenters. The van der Waals surface area contributed by atoms with Gasteiger partial charge in [-0.3, -0.25) is 0 Å². The lowest BCUT2D eigenvalue weighted by molar-refractivity contribution is 0.462. The molecule has 112 valence electrons. The standard InChI is InChI=1S/C13H15BrN4O2S/c1-17-13(12(14)15-16-17)21(19,20)18-8-7-11(9-18)10-5-3-2-4-6-10/h2-6,11H,7-9H2,1H3. The largest absolute Gasteiger partial charge is 0.263 e. The number of hydrogen-bond donors (Lipinski definition) is 0. The fourth-order valence-corrected chi connectivity index (χ4v) is 5.19. The normalized spacial score (nSPS) is 20.0. The van der Waals surface area contributed by atoms with Crippen molar-refractivity contribution in [2.75, 3.05) is 13.1 Å². The molecule has 1 aromatic heterocycles. The summed E-state index contributed by atoms with van der Waals surface area (Å²) in [4.78, 5) is 0. The molecule has 1 saturated heterocycles. The molecule has 0 spiro atoms. The van der Waals surface area contributed by atoms with Crippen molar-refractivity contribution in [3.05, 3.63) is 40.5 Å². The molecule has 2 heterocycles. The molecule has 0 radical (unpaired) electrons. The summed E-state index contributed by atoms with van der Waals surface area (Å²) in [6.45, 7) is 1.00. The Hall–Kier alpha value is -1.25. The van der Waals surface area contributed by atoms with Crippen molar-refractivity contribution < 1.29 is 8.42 Å². The molecule has 1 atom stereocenters. The lowest BCUT2D eigenvalue weighted by Crippen LogP contribution is -2.30. The van der Waals surface area contributed by atoms with Gasteiger partial charge in [-0.25, -0.2) is 13.1 Å². The summed E-state index contributed by atoms with van der Waals surface area (Å²) < 4.78 is 28.5. The predicted octanol–water partition coefficient (Wildman–Crippen LogP) is 1.76. The monoisotopic (exact) mass is 370 g/mol. The minimum atomic E-state index is -3.57. The van der Waals surface area contributed by atoms with Crippen molar-refractivity contribution in [2.45, 2.75) is 17.4 Å². The number of rotatable bonds is 3. The maximum absolute atomic E-state index is 12.7. The first kappa shape index (κ1) is 14.7. The van der Waals surface area contributed by atoms with E-state index in [1.807, 2.05) is 30.3 Å². The van der Waals surface area contributed by atoms with E-state index in [0.29, 0.717) is 13.1 Å². The van der Waals surface area contributed by atoms with Crippen molar-refractivity contribution in [3.63, 3.8) is 0 Å². The summed E-state index contributed by atoms with van der Waals surface area (Å²) in [6.07, 6.45) is 0.826. The fraction of sp³-hybridized carbons (Fsp3) is 0.385. The molecule has 1 fully saturated rings. The van der Waals surface area contributed by atoms with Crippen LogP contribution < -0.4 is 0 Å². The van der Waals surface area contributed by atoms with Crippen molar-refractivity contribution in [2.24, 2.45) is 7.05 Å². The van der Waals surface area contributed by atoms with E-state index >= 15 is 0 Å². The number of halogens is 1. The van der Waals surface area contributed by atoms with Crippen molar-refractivity contribution in [1.29, 1.82) is 0 Å². The Morgan fingerprint density at radius 1 is 1.29 bits per heavy atom. The molecule has 6 nitrogen and oxygen atoms in total. The second-order valence-electron chi connectivity index (χ2n) is 5.07. The Labute approximate surface area is 131 Å². The number of nitrogens with zero attached hydrogens (tertiary/aromatic N) is 4. The van der Waals surface area contributed by atoms with Crippen LogP contribution in [-0.4, -0.2) is 40.8 Å². The van der Waals surface area contributed by atoms with Crippen LogP contribution in [0.1, 0.15) is 17.9 Å². The molecule has 2 aromatic rings. The van der Waals surface area contributed by atoms with Gasteiger partial charge in [0.15, 0.2) is 4.60 Å². The number of aryl methyl sites for hydroxylation is 1. The lowest BCUT2D eigenvalue weighted by Gasteiger charge is -2.16. The molecule has 1 aliphatic rings. The lowest BCUT2D eigenvalue weighted by atomic mass is 9.99. The van der Waals surface area contributed by atoms with Gasteiger partial charge in [-0.2, -0.15) is 4.31 Å². The van der Waals surface area contributed by atoms with Gasteiger partial charge in [0.25, 0.3) is 10.0 Å². The fourth-order valence-electron chi connectivity index (χ4n) is 2.66. The van der Waals surface area contributed by atoms with Gasteiger partial charge in [-0.05, 0) is 33.8 Å². The number of sulfonamides is 1. The highest BCUT2D eigenvalue weighted by Gasteiger charge is 2.36. The minimum Gasteiger partial charge on any atom is -0.235 e. The average Bonchev–Trinajstić information content (AvgIpc) is 3.08. The molecule has 0 aliphatic carbocycles. The highest BCUT2D eigenvalue weighted by atomic mass is 79.9. The highest BCUT2D eigenvalue weighted by molar-refractivity contribution is 9.10. The molecule has 0 bridgehead atoms. The number of hydrogen-bond acceptors (Lipinski definition) is 4. The molecule has 1 aromatic carbocycles. The van der Waals surface area contributed by atoms with Crippen LogP contribution in [0.3, 0.4) is 0 Å². The zero-order valence-corrected chi connectivity index (χ0v) is 13.9. The average molecular weight is 371 g/mol. The zero-order chi connectivity index (χ0) is 15.0. The molecule has 0 N–H and O–H groups in total. The zero-order valence-electron chi connectivity index (χ0n) is 11.5. The maximum atomic E-state index is 12.7. The van der Waals surface area contributed by atoms with Gasteiger partial charge in [0, 0.05) is 20.1 Å². The summed E-state index contributed by atoms with van der Waals surface area (Å²) >= 11 is 3.16. The molecule has 3 rings (SSSR count). The van der Waals surface area contributed by atoms with Crippen LogP contribution in [0.15, 0.2) is 40.0 Å². The molecular weight excluding hydrogens is 356 g/mol. The smallest absolute Gasteiger partial charge is 0.235 e. The Morgan fingerprint density at radius 2 is 2.00 bits per heavy atom. The van der Waals surface area contributed by atoms with Gasteiger partial charge in [0.2, 0.25) is 5.03 Å². The second-order valence-corrected chi connectivity index (χ2v) is 7.67. The van der Waals surface area contributed by atoms with E-state index < -0.39 is 10.0 Å². The Balaban J connectivity index is 1.86. The SMILES string of the molecule is Cn1nnc(Br)c1S(=O)(=O)N1CCC(c2ccccc2)C1. The summed E-state index contributed by atoms with van der Waals surface area (Å²) in [7, 11) is -1.99. The van der Waals surface area contributed by atoms with E-state index in [2.05, 4.69) is 26.2 Å². The van der Waals surface area contributed by atoms with E-state index in [1.165, 1.54) is 14.6 Å². The van der Waals surface area contributed by atoms with Crippen molar-refractivity contribution in [3.8, 4) is 0 Å². The number of benzene rings is 1. The first-order valence-corrected chi connectivity index (χ1v) is 8.83. The van der Waals surface area contributed by atoms with Crippen LogP contribution in [0.2, 0.25) is 0 Å². The molecular formula is C13H15BrN4O2S. The summed E-state index contributed by atoms with van der Waals surface area (Å²) in [5, 5.41) is 7.61. The van der Waals surface area contributed by atoms with Gasteiger partial charge in [-0.15, -0.1) is 5.10 Å². The van der Waals surface area contributed by atoms with Gasteiger partial charge < -0.3 is 0 Å². The summed E-state index contributed by atoms with van der Waals surface area (Å²) in [6, 6.07) is 10.0.